The van der Waals surface area contributed by atoms with E-state index in [1.807, 2.05) is 0 Å². The molecule has 17 heavy (non-hydrogen) atoms. The Bertz CT molecular complexity index is 380. The van der Waals surface area contributed by atoms with Gasteiger partial charge in [-0.1, -0.05) is 12.1 Å². The topological polar surface area (TPSA) is 47.1 Å². The summed E-state index contributed by atoms with van der Waals surface area (Å²) in [5.41, 5.74) is 0. The third-order valence-corrected chi connectivity index (χ3v) is 3.82. The Morgan fingerprint density at radius 1 is 1.47 bits per heavy atom. The Hall–Kier alpha value is -0.690. The van der Waals surface area contributed by atoms with Crippen molar-refractivity contribution in [1.29, 1.82) is 0 Å². The Labute approximate surface area is 102 Å². The lowest BCUT2D eigenvalue weighted by Gasteiger charge is -2.14. The number of rotatable bonds is 4. The van der Waals surface area contributed by atoms with Gasteiger partial charge in [0.2, 0.25) is 4.90 Å². The molecule has 1 aromatic rings. The van der Waals surface area contributed by atoms with Gasteiger partial charge in [0.1, 0.15) is 6.17 Å². The Morgan fingerprint density at radius 2 is 2.24 bits per heavy atom. The van der Waals surface area contributed by atoms with Crippen molar-refractivity contribution in [3.63, 3.8) is 0 Å². The average Bonchev–Trinajstić information content (AvgIpc) is 2.73. The molecule has 2 rings (SSSR count). The maximum atomic E-state index is 13.3. The van der Waals surface area contributed by atoms with Crippen molar-refractivity contribution in [2.24, 2.45) is 0 Å². The maximum absolute atomic E-state index is 13.3. The van der Waals surface area contributed by atoms with Gasteiger partial charge in [-0.3, -0.25) is 0 Å². The van der Waals surface area contributed by atoms with E-state index >= 15 is 0 Å². The van der Waals surface area contributed by atoms with Crippen LogP contribution in [0.4, 0.5) is 8.78 Å². The van der Waals surface area contributed by atoms with Gasteiger partial charge in [0.25, 0.3) is 0 Å². The lowest BCUT2D eigenvalue weighted by molar-refractivity contribution is 0.355. The monoisotopic (exact) mass is 260 g/mol. The molecule has 1 fully saturated rings. The first-order valence-electron chi connectivity index (χ1n) is 5.44. The van der Waals surface area contributed by atoms with Crippen LogP contribution in [0, 0.1) is 5.82 Å². The molecule has 0 aromatic heterocycles. The van der Waals surface area contributed by atoms with Crippen molar-refractivity contribution >= 4 is 11.4 Å². The normalized spacial score (nSPS) is 26.1. The number of hydrogen-bond acceptors (Lipinski definition) is 3. The second kappa shape index (κ2) is 5.77. The minimum absolute atomic E-state index is 0.0410. The second-order valence-electron chi connectivity index (χ2n) is 3.99. The second-order valence-corrected chi connectivity index (χ2v) is 5.25. The third-order valence-electron chi connectivity index (χ3n) is 2.67. The quantitative estimate of drug-likeness (QED) is 0.798. The molecule has 1 unspecified atom stereocenters. The van der Waals surface area contributed by atoms with Crippen LogP contribution < -0.4 is 10.0 Å². The zero-order chi connectivity index (χ0) is 12.3. The van der Waals surface area contributed by atoms with Crippen LogP contribution in [0.5, 0.6) is 0 Å². The molecule has 1 heterocycles. The standard InChI is InChI=1S/C11H14F2N2OS/c12-8-5-9(14-6-8)7-15-17(16)11-4-2-1-3-10(11)13/h1-4,8-9,14-15H,5-7H2/t8-,9+,17?/m1/s1. The Kier molecular flexibility index (Phi) is 4.33. The highest BCUT2D eigenvalue weighted by atomic mass is 32.2. The summed E-state index contributed by atoms with van der Waals surface area (Å²) >= 11 is -1.59. The minimum Gasteiger partial charge on any atom is -0.593 e. The number of alkyl halides is 1. The fourth-order valence-corrected chi connectivity index (χ4v) is 2.73. The number of benzene rings is 1. The van der Waals surface area contributed by atoms with Gasteiger partial charge in [-0.2, -0.15) is 0 Å². The van der Waals surface area contributed by atoms with Crippen molar-refractivity contribution in [1.82, 2.24) is 10.0 Å². The SMILES string of the molecule is [O-][S+](NC[C@@H]1C[C@@H](F)CN1)c1ccccc1F. The summed E-state index contributed by atoms with van der Waals surface area (Å²) in [6.45, 7) is 0.694. The molecule has 1 aromatic carbocycles. The van der Waals surface area contributed by atoms with E-state index in [2.05, 4.69) is 10.0 Å². The maximum Gasteiger partial charge on any atom is 0.209 e. The first kappa shape index (κ1) is 12.8. The van der Waals surface area contributed by atoms with Crippen LogP contribution in [0.1, 0.15) is 6.42 Å². The summed E-state index contributed by atoms with van der Waals surface area (Å²) in [6, 6.07) is 5.87. The molecule has 3 atom stereocenters. The highest BCUT2D eigenvalue weighted by Crippen LogP contribution is 2.14. The molecule has 1 aliphatic heterocycles. The van der Waals surface area contributed by atoms with Gasteiger partial charge < -0.3 is 9.87 Å². The zero-order valence-electron chi connectivity index (χ0n) is 9.16. The molecule has 0 saturated carbocycles. The van der Waals surface area contributed by atoms with Crippen LogP contribution in [-0.4, -0.2) is 29.9 Å². The van der Waals surface area contributed by atoms with Crippen LogP contribution >= 0.6 is 0 Å². The van der Waals surface area contributed by atoms with Gasteiger partial charge in [-0.05, 0) is 18.6 Å². The van der Waals surface area contributed by atoms with Crippen molar-refractivity contribution in [3.8, 4) is 0 Å². The predicted octanol–water partition coefficient (Wildman–Crippen LogP) is 1.14. The smallest absolute Gasteiger partial charge is 0.209 e. The van der Waals surface area contributed by atoms with Gasteiger partial charge in [-0.25, -0.2) is 8.78 Å². The molecule has 0 amide bonds. The molecule has 1 aliphatic rings. The largest absolute Gasteiger partial charge is 0.593 e. The van der Waals surface area contributed by atoms with E-state index in [-0.39, 0.29) is 10.9 Å². The molecule has 2 N–H and O–H groups in total. The van der Waals surface area contributed by atoms with Gasteiger partial charge >= 0.3 is 0 Å². The third kappa shape index (κ3) is 3.38. The van der Waals surface area contributed by atoms with Crippen LogP contribution in [0.25, 0.3) is 0 Å². The fraction of sp³-hybridized carbons (Fsp3) is 0.455. The molecule has 0 aliphatic carbocycles. The molecule has 3 nitrogen and oxygen atoms in total. The Balaban J connectivity index is 1.85. The number of hydrogen-bond donors (Lipinski definition) is 2. The van der Waals surface area contributed by atoms with Crippen molar-refractivity contribution in [3.05, 3.63) is 30.1 Å². The summed E-state index contributed by atoms with van der Waals surface area (Å²) < 4.78 is 40.6. The Morgan fingerprint density at radius 3 is 2.88 bits per heavy atom. The molecule has 0 radical (unpaired) electrons. The van der Waals surface area contributed by atoms with Gasteiger partial charge in [0.15, 0.2) is 5.82 Å². The van der Waals surface area contributed by atoms with Crippen molar-refractivity contribution < 1.29 is 13.3 Å². The van der Waals surface area contributed by atoms with E-state index in [0.29, 0.717) is 19.5 Å². The van der Waals surface area contributed by atoms with E-state index in [1.165, 1.54) is 12.1 Å². The van der Waals surface area contributed by atoms with Crippen LogP contribution in [0.15, 0.2) is 29.2 Å². The van der Waals surface area contributed by atoms with E-state index < -0.39 is 23.4 Å². The lowest BCUT2D eigenvalue weighted by Crippen LogP contribution is -2.37. The highest BCUT2D eigenvalue weighted by molar-refractivity contribution is 7.89. The van der Waals surface area contributed by atoms with Crippen LogP contribution in [0.2, 0.25) is 0 Å². The highest BCUT2D eigenvalue weighted by Gasteiger charge is 2.25. The van der Waals surface area contributed by atoms with E-state index in [9.17, 15) is 13.3 Å². The fourth-order valence-electron chi connectivity index (χ4n) is 1.77. The van der Waals surface area contributed by atoms with Crippen LogP contribution in [0.3, 0.4) is 0 Å². The molecular weight excluding hydrogens is 246 g/mol. The summed E-state index contributed by atoms with van der Waals surface area (Å²) in [5, 5.41) is 2.96. The predicted molar refractivity (Wildman–Crippen MR) is 62.1 cm³/mol. The van der Waals surface area contributed by atoms with Crippen molar-refractivity contribution in [2.45, 2.75) is 23.5 Å². The molecule has 1 saturated heterocycles. The summed E-state index contributed by atoms with van der Waals surface area (Å²) in [7, 11) is 0. The molecule has 6 heteroatoms. The molecular formula is C11H14F2N2OS. The number of halogens is 2. The zero-order valence-corrected chi connectivity index (χ0v) is 9.97. The van der Waals surface area contributed by atoms with Crippen LogP contribution in [-0.2, 0) is 11.4 Å². The van der Waals surface area contributed by atoms with E-state index in [4.69, 9.17) is 0 Å². The van der Waals surface area contributed by atoms with E-state index in [0.717, 1.165) is 0 Å². The molecule has 0 bridgehead atoms. The van der Waals surface area contributed by atoms with Crippen molar-refractivity contribution in [2.75, 3.05) is 13.1 Å². The van der Waals surface area contributed by atoms with Gasteiger partial charge in [0.05, 0.1) is 17.9 Å². The molecule has 0 spiro atoms. The number of nitrogens with one attached hydrogen (secondary N) is 2. The lowest BCUT2D eigenvalue weighted by atomic mass is 10.2. The van der Waals surface area contributed by atoms with Gasteiger partial charge in [0, 0.05) is 12.6 Å². The summed E-state index contributed by atoms with van der Waals surface area (Å²) in [5.74, 6) is -0.499. The average molecular weight is 260 g/mol. The molecule has 94 valence electrons. The minimum atomic E-state index is -1.59. The first-order chi connectivity index (χ1) is 8.16. The summed E-state index contributed by atoms with van der Waals surface area (Å²) in [6.07, 6.45) is -0.440. The van der Waals surface area contributed by atoms with Gasteiger partial charge in [-0.15, -0.1) is 4.72 Å². The van der Waals surface area contributed by atoms with E-state index in [1.54, 1.807) is 12.1 Å². The first-order valence-corrected chi connectivity index (χ1v) is 6.59. The summed E-state index contributed by atoms with van der Waals surface area (Å²) in [4.78, 5) is 0.127.